The molecular weight excluding hydrogens is 96.1 g/mol. The third kappa shape index (κ3) is 4.15. The van der Waals surface area contributed by atoms with Crippen molar-refractivity contribution in [2.75, 3.05) is 18.3 Å². The van der Waals surface area contributed by atoms with Crippen molar-refractivity contribution in [3.8, 4) is 0 Å². The van der Waals surface area contributed by atoms with E-state index in [0.29, 0.717) is 0 Å². The highest BCUT2D eigenvalue weighted by Crippen LogP contribution is 1.87. The average molecular weight is 108 g/mol. The minimum atomic E-state index is -1.65. The van der Waals surface area contributed by atoms with Gasteiger partial charge in [0.05, 0.1) is 0 Å². The van der Waals surface area contributed by atoms with Gasteiger partial charge in [-0.2, -0.15) is 0 Å². The average Bonchev–Trinajstić information content (AvgIpc) is 1.35. The van der Waals surface area contributed by atoms with Crippen molar-refractivity contribution < 1.29 is 4.21 Å². The molecule has 2 heteroatoms. The lowest BCUT2D eigenvalue weighted by Gasteiger charge is -2.03. The molecule has 0 rings (SSSR count). The Morgan fingerprint density at radius 3 is 1.67 bits per heavy atom. The summed E-state index contributed by atoms with van der Waals surface area (Å²) in [4.78, 5) is 0. The minimum absolute atomic E-state index is 0.826. The normalized spacial score (nSPS) is 14.5. The van der Waals surface area contributed by atoms with E-state index in [2.05, 4.69) is 0 Å². The Hall–Kier alpha value is 0.150. The van der Waals surface area contributed by atoms with Crippen LogP contribution in [0.15, 0.2) is 0 Å². The molecule has 6 heavy (non-hydrogen) atoms. The van der Waals surface area contributed by atoms with Crippen molar-refractivity contribution in [1.29, 1.82) is 0 Å². The zero-order chi connectivity index (χ0) is 5.21. The predicted octanol–water partition coefficient (Wildman–Crippen LogP) is 0.283. The Balaban J connectivity index is 3.48. The van der Waals surface area contributed by atoms with Crippen molar-refractivity contribution in [2.24, 2.45) is 0 Å². The molecule has 0 N–H and O–H groups in total. The monoisotopic (exact) mass is 108 g/mol. The highest BCUT2D eigenvalue weighted by molar-refractivity contribution is 8.01. The zero-order valence-electron chi connectivity index (χ0n) is 4.56. The van der Waals surface area contributed by atoms with Crippen LogP contribution in [0.4, 0.5) is 0 Å². The molecule has 0 fully saturated rings. The minimum Gasteiger partial charge on any atom is -0.285 e. The smallest absolute Gasteiger partial charge is 0.00208 e. The van der Waals surface area contributed by atoms with Crippen molar-refractivity contribution in [1.82, 2.24) is 0 Å². The van der Waals surface area contributed by atoms with E-state index in [1.54, 1.807) is 12.5 Å². The van der Waals surface area contributed by atoms with E-state index in [1.807, 2.05) is 6.92 Å². The van der Waals surface area contributed by atoms with E-state index < -0.39 is 9.93 Å². The molecule has 1 nitrogen and oxygen atoms in total. The van der Waals surface area contributed by atoms with E-state index >= 15 is 0 Å². The van der Waals surface area contributed by atoms with Crippen LogP contribution in [0.25, 0.3) is 0 Å². The van der Waals surface area contributed by atoms with Crippen molar-refractivity contribution in [3.05, 3.63) is 0 Å². The third-order valence-corrected chi connectivity index (χ3v) is 2.28. The lowest BCUT2D eigenvalue weighted by molar-refractivity contribution is 0.679. The first-order chi connectivity index (χ1) is 2.56. The molecular formula is C4H12OS. The molecule has 40 valence electrons. The van der Waals surface area contributed by atoms with Crippen LogP contribution in [0.3, 0.4) is 0 Å². The van der Waals surface area contributed by atoms with Gasteiger partial charge in [0.2, 0.25) is 0 Å². The standard InChI is InChI=1S/C4H12OS/c1-4-6(2,3)5/h6H,4H2,1-3H3. The van der Waals surface area contributed by atoms with Gasteiger partial charge >= 0.3 is 0 Å². The summed E-state index contributed by atoms with van der Waals surface area (Å²) in [5, 5.41) is 0. The quantitative estimate of drug-likeness (QED) is 0.477. The molecule has 0 aliphatic rings. The van der Waals surface area contributed by atoms with E-state index in [0.717, 1.165) is 5.75 Å². The molecule has 0 atom stereocenters. The second-order valence-electron chi connectivity index (χ2n) is 1.89. The van der Waals surface area contributed by atoms with Gasteiger partial charge in [0, 0.05) is 0 Å². The van der Waals surface area contributed by atoms with Gasteiger partial charge in [0.15, 0.2) is 0 Å². The Bertz CT molecular complexity index is 71.6. The van der Waals surface area contributed by atoms with Crippen LogP contribution in [-0.2, 0) is 9.93 Å². The van der Waals surface area contributed by atoms with Gasteiger partial charge in [0.25, 0.3) is 0 Å². The summed E-state index contributed by atoms with van der Waals surface area (Å²) in [6.45, 7) is 1.95. The molecule has 0 saturated carbocycles. The fraction of sp³-hybridized carbons (Fsp3) is 1.00. The SMILES string of the molecule is CC[SH](C)(C)=O. The number of hydrogen-bond donors (Lipinski definition) is 1. The number of thiol groups is 1. The highest BCUT2D eigenvalue weighted by atomic mass is 32.2. The maximum Gasteiger partial charge on any atom is -0.00208 e. The summed E-state index contributed by atoms with van der Waals surface area (Å²) in [5.41, 5.74) is 0. The molecule has 0 aromatic rings. The summed E-state index contributed by atoms with van der Waals surface area (Å²) in [6.07, 6.45) is 3.60. The first-order valence-corrected chi connectivity index (χ1v) is 4.89. The summed E-state index contributed by atoms with van der Waals surface area (Å²) >= 11 is 0. The Kier molecular flexibility index (Phi) is 1.78. The third-order valence-electron chi connectivity index (χ3n) is 0.762. The van der Waals surface area contributed by atoms with Gasteiger partial charge in [-0.1, -0.05) is 6.92 Å². The second-order valence-corrected chi connectivity index (χ2v) is 5.67. The van der Waals surface area contributed by atoms with Crippen LogP contribution < -0.4 is 0 Å². The van der Waals surface area contributed by atoms with Crippen molar-refractivity contribution in [2.45, 2.75) is 6.92 Å². The molecule has 0 bridgehead atoms. The van der Waals surface area contributed by atoms with Crippen LogP contribution in [0.2, 0.25) is 0 Å². The van der Waals surface area contributed by atoms with Gasteiger partial charge in [0.1, 0.15) is 0 Å². The summed E-state index contributed by atoms with van der Waals surface area (Å²) in [7, 11) is -1.65. The van der Waals surface area contributed by atoms with Gasteiger partial charge < -0.3 is 0 Å². The Morgan fingerprint density at radius 1 is 1.50 bits per heavy atom. The molecule has 0 radical (unpaired) electrons. The molecule has 0 amide bonds. The summed E-state index contributed by atoms with van der Waals surface area (Å²) in [6, 6.07) is 0. The lowest BCUT2D eigenvalue weighted by atomic mass is 11.0. The first kappa shape index (κ1) is 6.15. The van der Waals surface area contributed by atoms with Crippen molar-refractivity contribution in [3.63, 3.8) is 0 Å². The molecule has 0 aliphatic carbocycles. The van der Waals surface area contributed by atoms with Crippen LogP contribution in [-0.4, -0.2) is 22.5 Å². The molecule has 0 heterocycles. The fourth-order valence-corrected chi connectivity index (χ4v) is 0. The zero-order valence-corrected chi connectivity index (χ0v) is 5.46. The molecule has 0 aliphatic heterocycles. The van der Waals surface area contributed by atoms with Crippen LogP contribution in [0.5, 0.6) is 0 Å². The van der Waals surface area contributed by atoms with Crippen LogP contribution in [0.1, 0.15) is 6.92 Å². The van der Waals surface area contributed by atoms with Gasteiger partial charge in [-0.15, -0.1) is 9.93 Å². The van der Waals surface area contributed by atoms with E-state index in [-0.39, 0.29) is 0 Å². The molecule has 0 aromatic carbocycles. The molecule has 0 unspecified atom stereocenters. The van der Waals surface area contributed by atoms with E-state index in [9.17, 15) is 4.21 Å². The number of hydrogen-bond acceptors (Lipinski definition) is 1. The Morgan fingerprint density at radius 2 is 1.67 bits per heavy atom. The van der Waals surface area contributed by atoms with Crippen LogP contribution in [0, 0.1) is 0 Å². The Labute approximate surface area is 40.2 Å². The maximum atomic E-state index is 10.6. The van der Waals surface area contributed by atoms with Crippen LogP contribution >= 0.6 is 0 Å². The predicted molar refractivity (Wildman–Crippen MR) is 31.9 cm³/mol. The summed E-state index contributed by atoms with van der Waals surface area (Å²) < 4.78 is 10.6. The number of rotatable bonds is 1. The van der Waals surface area contributed by atoms with Gasteiger partial charge in [-0.05, 0) is 18.3 Å². The topological polar surface area (TPSA) is 17.1 Å². The van der Waals surface area contributed by atoms with E-state index in [4.69, 9.17) is 0 Å². The first-order valence-electron chi connectivity index (χ1n) is 2.10. The van der Waals surface area contributed by atoms with E-state index in [1.165, 1.54) is 0 Å². The van der Waals surface area contributed by atoms with Gasteiger partial charge in [-0.3, -0.25) is 4.21 Å². The molecule has 0 aromatic heterocycles. The van der Waals surface area contributed by atoms with Crippen molar-refractivity contribution >= 4 is 9.93 Å². The fourth-order valence-electron chi connectivity index (χ4n) is 0. The summed E-state index contributed by atoms with van der Waals surface area (Å²) in [5.74, 6) is 0.826. The lowest BCUT2D eigenvalue weighted by Crippen LogP contribution is -2.07. The van der Waals surface area contributed by atoms with Gasteiger partial charge in [-0.25, -0.2) is 0 Å². The maximum absolute atomic E-state index is 10.6. The molecule has 0 saturated heterocycles. The second kappa shape index (κ2) is 1.73. The molecule has 0 spiro atoms. The largest absolute Gasteiger partial charge is 0.285 e. The highest BCUT2D eigenvalue weighted by Gasteiger charge is 1.90.